The van der Waals surface area contributed by atoms with Gasteiger partial charge in [-0.3, -0.25) is 0 Å². The Morgan fingerprint density at radius 1 is 1.11 bits per heavy atom. The number of rotatable bonds is 4. The van der Waals surface area contributed by atoms with Crippen LogP contribution in [0.1, 0.15) is 31.9 Å². The zero-order chi connectivity index (χ0) is 19.4. The minimum atomic E-state index is -1.46. The molecule has 1 aliphatic heterocycles. The van der Waals surface area contributed by atoms with E-state index in [4.69, 9.17) is 0 Å². The number of piperazine rings is 1. The Balaban J connectivity index is 1.94. The molecule has 1 unspecified atom stereocenters. The third-order valence-electron chi connectivity index (χ3n) is 4.13. The van der Waals surface area contributed by atoms with Gasteiger partial charge in [0.1, 0.15) is 27.6 Å². The first-order valence-corrected chi connectivity index (χ1v) is 10.00. The van der Waals surface area contributed by atoms with Crippen LogP contribution in [0.3, 0.4) is 0 Å². The fraction of sp³-hybridized carbons (Fsp3) is 0.421. The van der Waals surface area contributed by atoms with E-state index in [1.807, 2.05) is 20.8 Å². The molecule has 1 atom stereocenters. The first kappa shape index (κ1) is 19.7. The van der Waals surface area contributed by atoms with E-state index in [1.54, 1.807) is 24.5 Å². The molecule has 8 heteroatoms. The fourth-order valence-electron chi connectivity index (χ4n) is 2.57. The predicted octanol–water partition coefficient (Wildman–Crippen LogP) is 2.32. The molecule has 0 saturated carbocycles. The van der Waals surface area contributed by atoms with Crippen LogP contribution in [0.4, 0.5) is 10.3 Å². The molecule has 1 aliphatic rings. The van der Waals surface area contributed by atoms with Gasteiger partial charge in [0, 0.05) is 49.7 Å². The largest absolute Gasteiger partial charge is 0.591 e. The van der Waals surface area contributed by atoms with Gasteiger partial charge in [-0.15, -0.1) is 0 Å². The van der Waals surface area contributed by atoms with E-state index in [1.165, 1.54) is 12.1 Å². The van der Waals surface area contributed by atoms with Crippen molar-refractivity contribution in [3.8, 4) is 0 Å². The minimum Gasteiger partial charge on any atom is -0.591 e. The van der Waals surface area contributed by atoms with Crippen molar-refractivity contribution in [1.82, 2.24) is 15.3 Å². The molecule has 2 aromatic rings. The number of nitrogens with one attached hydrogen (secondary N) is 1. The summed E-state index contributed by atoms with van der Waals surface area (Å²) in [6, 6.07) is 5.97. The molecule has 144 valence electrons. The SMILES string of the molecule is CC(C)(C)[S+]([O-])N=C(c1ccc(F)cc1)c1cnc(N2CCNCC2)nc1. The summed E-state index contributed by atoms with van der Waals surface area (Å²) in [6.07, 6.45) is 3.37. The fourth-order valence-corrected chi connectivity index (χ4v) is 3.22. The lowest BCUT2D eigenvalue weighted by molar-refractivity contribution is 0.561. The van der Waals surface area contributed by atoms with E-state index < -0.39 is 16.1 Å². The van der Waals surface area contributed by atoms with Crippen LogP contribution in [0.25, 0.3) is 0 Å². The Morgan fingerprint density at radius 2 is 1.70 bits per heavy atom. The smallest absolute Gasteiger partial charge is 0.225 e. The molecule has 1 fully saturated rings. The van der Waals surface area contributed by atoms with Gasteiger partial charge in [0.25, 0.3) is 0 Å². The van der Waals surface area contributed by atoms with Crippen molar-refractivity contribution in [3.63, 3.8) is 0 Å². The zero-order valence-corrected chi connectivity index (χ0v) is 16.6. The average molecular weight is 390 g/mol. The molecule has 27 heavy (non-hydrogen) atoms. The van der Waals surface area contributed by atoms with Crippen molar-refractivity contribution in [3.05, 3.63) is 53.6 Å². The highest BCUT2D eigenvalue weighted by molar-refractivity contribution is 7.91. The number of anilines is 1. The van der Waals surface area contributed by atoms with Gasteiger partial charge in [-0.05, 0) is 45.0 Å². The Kier molecular flexibility index (Phi) is 6.08. The molecule has 0 amide bonds. The Hall–Kier alpha value is -2.03. The van der Waals surface area contributed by atoms with E-state index in [0.29, 0.717) is 22.8 Å². The second kappa shape index (κ2) is 8.33. The molecular weight excluding hydrogens is 365 g/mol. The summed E-state index contributed by atoms with van der Waals surface area (Å²) in [5.41, 5.74) is 1.82. The highest BCUT2D eigenvalue weighted by atomic mass is 32.2. The number of benzene rings is 1. The average Bonchev–Trinajstić information content (AvgIpc) is 2.67. The van der Waals surface area contributed by atoms with Gasteiger partial charge in [-0.2, -0.15) is 0 Å². The van der Waals surface area contributed by atoms with Gasteiger partial charge in [-0.25, -0.2) is 14.4 Å². The molecule has 2 heterocycles. The molecule has 0 spiro atoms. The van der Waals surface area contributed by atoms with Crippen molar-refractivity contribution >= 4 is 23.0 Å². The molecule has 3 rings (SSSR count). The highest BCUT2D eigenvalue weighted by Gasteiger charge is 2.28. The molecule has 1 saturated heterocycles. The van der Waals surface area contributed by atoms with Gasteiger partial charge in [0.05, 0.1) is 0 Å². The van der Waals surface area contributed by atoms with Crippen molar-refractivity contribution in [2.45, 2.75) is 25.5 Å². The third-order valence-corrected chi connectivity index (χ3v) is 5.52. The summed E-state index contributed by atoms with van der Waals surface area (Å²) in [6.45, 7) is 9.09. The normalized spacial score (nSPS) is 17.1. The quantitative estimate of drug-likeness (QED) is 0.642. The molecule has 0 radical (unpaired) electrons. The molecule has 1 N–H and O–H groups in total. The molecule has 1 aromatic heterocycles. The summed E-state index contributed by atoms with van der Waals surface area (Å²) in [4.78, 5) is 11.1. The predicted molar refractivity (Wildman–Crippen MR) is 107 cm³/mol. The molecule has 6 nitrogen and oxygen atoms in total. The van der Waals surface area contributed by atoms with E-state index in [9.17, 15) is 8.94 Å². The van der Waals surface area contributed by atoms with Gasteiger partial charge < -0.3 is 14.8 Å². The van der Waals surface area contributed by atoms with Crippen LogP contribution >= 0.6 is 0 Å². The van der Waals surface area contributed by atoms with Crippen LogP contribution in [0.5, 0.6) is 0 Å². The van der Waals surface area contributed by atoms with E-state index in [2.05, 4.69) is 24.6 Å². The van der Waals surface area contributed by atoms with E-state index >= 15 is 0 Å². The molecular formula is C19H24FN5OS. The first-order valence-electron chi connectivity index (χ1n) is 8.89. The van der Waals surface area contributed by atoms with Crippen LogP contribution in [-0.2, 0) is 11.4 Å². The van der Waals surface area contributed by atoms with Gasteiger partial charge in [0.15, 0.2) is 0 Å². The number of halogens is 1. The van der Waals surface area contributed by atoms with Crippen LogP contribution in [0.15, 0.2) is 41.1 Å². The van der Waals surface area contributed by atoms with Gasteiger partial charge >= 0.3 is 0 Å². The summed E-state index contributed by atoms with van der Waals surface area (Å²) >= 11 is -1.46. The molecule has 0 bridgehead atoms. The van der Waals surface area contributed by atoms with Crippen LogP contribution < -0.4 is 10.2 Å². The summed E-state index contributed by atoms with van der Waals surface area (Å²) in [5.74, 6) is 0.330. The van der Waals surface area contributed by atoms with E-state index in [-0.39, 0.29) is 5.82 Å². The van der Waals surface area contributed by atoms with Crippen LogP contribution in [0, 0.1) is 5.82 Å². The number of aromatic nitrogens is 2. The maximum absolute atomic E-state index is 13.3. The van der Waals surface area contributed by atoms with Crippen LogP contribution in [-0.4, -0.2) is 51.2 Å². The topological polar surface area (TPSA) is 76.5 Å². The molecule has 0 aliphatic carbocycles. The second-order valence-electron chi connectivity index (χ2n) is 7.32. The van der Waals surface area contributed by atoms with Crippen molar-refractivity contribution in [2.24, 2.45) is 4.40 Å². The van der Waals surface area contributed by atoms with Crippen molar-refractivity contribution in [2.75, 3.05) is 31.1 Å². The van der Waals surface area contributed by atoms with Crippen LogP contribution in [0.2, 0.25) is 0 Å². The summed E-state index contributed by atoms with van der Waals surface area (Å²) < 4.78 is 29.8. The number of hydrogen-bond acceptors (Lipinski definition) is 6. The lowest BCUT2D eigenvalue weighted by atomic mass is 10.1. The third kappa shape index (κ3) is 5.03. The second-order valence-corrected chi connectivity index (χ2v) is 9.22. The van der Waals surface area contributed by atoms with Crippen molar-refractivity contribution in [1.29, 1.82) is 0 Å². The summed E-state index contributed by atoms with van der Waals surface area (Å²) in [5, 5.41) is 3.30. The van der Waals surface area contributed by atoms with E-state index in [0.717, 1.165) is 26.2 Å². The Labute approximate surface area is 162 Å². The van der Waals surface area contributed by atoms with Gasteiger partial charge in [0.2, 0.25) is 5.95 Å². The number of nitrogens with zero attached hydrogens (tertiary/aromatic N) is 4. The number of hydrogen-bond donors (Lipinski definition) is 1. The monoisotopic (exact) mass is 389 g/mol. The minimum absolute atomic E-state index is 0.333. The standard InChI is InChI=1S/C19H24FN5OS/c1-19(2,3)27(26)24-17(14-4-6-16(20)7-5-14)15-12-22-18(23-13-15)25-10-8-21-9-11-25/h4-7,12-13,21H,8-11H2,1-3H3. The van der Waals surface area contributed by atoms with Gasteiger partial charge in [-0.1, -0.05) is 4.40 Å². The van der Waals surface area contributed by atoms with Crippen molar-refractivity contribution < 1.29 is 8.94 Å². The lowest BCUT2D eigenvalue weighted by Gasteiger charge is -2.27. The molecule has 1 aromatic carbocycles. The summed E-state index contributed by atoms with van der Waals surface area (Å²) in [7, 11) is 0. The Bertz CT molecular complexity index is 783. The zero-order valence-electron chi connectivity index (χ0n) is 15.8. The maximum atomic E-state index is 13.3. The highest BCUT2D eigenvalue weighted by Crippen LogP contribution is 2.21. The maximum Gasteiger partial charge on any atom is 0.225 e. The Morgan fingerprint density at radius 3 is 2.26 bits per heavy atom. The first-order chi connectivity index (χ1) is 12.8. The lowest BCUT2D eigenvalue weighted by Crippen LogP contribution is -2.44.